The van der Waals surface area contributed by atoms with E-state index in [1.165, 1.54) is 22.7 Å². The number of hydrogen-bond donors (Lipinski definition) is 3. The van der Waals surface area contributed by atoms with Gasteiger partial charge in [0.2, 0.25) is 0 Å². The van der Waals surface area contributed by atoms with Gasteiger partial charge in [0.15, 0.2) is 0 Å². The van der Waals surface area contributed by atoms with Crippen molar-refractivity contribution < 1.29 is 9.59 Å². The van der Waals surface area contributed by atoms with Gasteiger partial charge in [-0.3, -0.25) is 14.7 Å². The summed E-state index contributed by atoms with van der Waals surface area (Å²) in [7, 11) is 0. The Morgan fingerprint density at radius 3 is 2.74 bits per heavy atom. The van der Waals surface area contributed by atoms with Gasteiger partial charge in [0.25, 0.3) is 11.8 Å². The fourth-order valence-electron chi connectivity index (χ4n) is 2.67. The van der Waals surface area contributed by atoms with E-state index in [0.717, 1.165) is 16.5 Å². The molecule has 136 valence electrons. The first kappa shape index (κ1) is 17.4. The SMILES string of the molecule is Cc1ccccc1CNC(=O)c1cc2c(NC(=O)c3cccs3)[nH]nc2s1. The first-order valence-electron chi connectivity index (χ1n) is 8.27. The van der Waals surface area contributed by atoms with E-state index in [1.54, 1.807) is 12.1 Å². The third-order valence-corrected chi connectivity index (χ3v) is 6.06. The number of benzene rings is 1. The molecule has 4 aromatic rings. The van der Waals surface area contributed by atoms with Crippen molar-refractivity contribution in [3.63, 3.8) is 0 Å². The predicted molar refractivity (Wildman–Crippen MR) is 109 cm³/mol. The van der Waals surface area contributed by atoms with Gasteiger partial charge in [0, 0.05) is 6.54 Å². The summed E-state index contributed by atoms with van der Waals surface area (Å²) in [5, 5.41) is 15.3. The van der Waals surface area contributed by atoms with Gasteiger partial charge in [0.05, 0.1) is 15.1 Å². The van der Waals surface area contributed by atoms with Gasteiger partial charge in [0.1, 0.15) is 10.6 Å². The van der Waals surface area contributed by atoms with Crippen molar-refractivity contribution in [2.45, 2.75) is 13.5 Å². The lowest BCUT2D eigenvalue weighted by atomic mass is 10.1. The highest BCUT2D eigenvalue weighted by molar-refractivity contribution is 7.20. The van der Waals surface area contributed by atoms with Crippen molar-refractivity contribution in [2.24, 2.45) is 0 Å². The number of hydrogen-bond acceptors (Lipinski definition) is 5. The summed E-state index contributed by atoms with van der Waals surface area (Å²) in [5.74, 6) is 0.140. The Morgan fingerprint density at radius 2 is 1.96 bits per heavy atom. The first-order chi connectivity index (χ1) is 13.1. The van der Waals surface area contributed by atoms with Gasteiger partial charge in [-0.05, 0) is 35.6 Å². The topological polar surface area (TPSA) is 86.9 Å². The molecule has 2 amide bonds. The van der Waals surface area contributed by atoms with E-state index < -0.39 is 0 Å². The summed E-state index contributed by atoms with van der Waals surface area (Å²) in [6, 6.07) is 13.3. The summed E-state index contributed by atoms with van der Waals surface area (Å²) < 4.78 is 0. The van der Waals surface area contributed by atoms with Crippen LogP contribution in [0.1, 0.15) is 30.5 Å². The number of rotatable bonds is 5. The van der Waals surface area contributed by atoms with Crippen molar-refractivity contribution in [1.82, 2.24) is 15.5 Å². The molecule has 0 bridgehead atoms. The van der Waals surface area contributed by atoms with Crippen LogP contribution in [0.25, 0.3) is 10.2 Å². The number of carbonyl (C=O) groups excluding carboxylic acids is 2. The number of aromatic amines is 1. The number of anilines is 1. The zero-order chi connectivity index (χ0) is 18.8. The minimum atomic E-state index is -0.202. The highest BCUT2D eigenvalue weighted by Crippen LogP contribution is 2.29. The van der Waals surface area contributed by atoms with Gasteiger partial charge in [-0.2, -0.15) is 5.10 Å². The zero-order valence-corrected chi connectivity index (χ0v) is 16.0. The smallest absolute Gasteiger partial charge is 0.266 e. The third kappa shape index (κ3) is 3.62. The van der Waals surface area contributed by atoms with Crippen molar-refractivity contribution in [2.75, 3.05) is 5.32 Å². The Hall–Kier alpha value is -2.97. The maximum Gasteiger partial charge on any atom is 0.266 e. The molecule has 1 aromatic carbocycles. The van der Waals surface area contributed by atoms with Crippen molar-refractivity contribution in [3.8, 4) is 0 Å². The van der Waals surface area contributed by atoms with Crippen LogP contribution in [-0.2, 0) is 6.54 Å². The molecule has 3 heterocycles. The number of amides is 2. The number of nitrogens with one attached hydrogen (secondary N) is 3. The van der Waals surface area contributed by atoms with Crippen molar-refractivity contribution >= 4 is 50.5 Å². The molecule has 0 aliphatic carbocycles. The number of aryl methyl sites for hydroxylation is 1. The molecule has 0 aliphatic heterocycles. The molecule has 0 unspecified atom stereocenters. The van der Waals surface area contributed by atoms with Crippen LogP contribution in [0.4, 0.5) is 5.82 Å². The van der Waals surface area contributed by atoms with E-state index in [-0.39, 0.29) is 11.8 Å². The average Bonchev–Trinajstić information content (AvgIpc) is 3.39. The van der Waals surface area contributed by atoms with E-state index >= 15 is 0 Å². The average molecular weight is 396 g/mol. The van der Waals surface area contributed by atoms with E-state index in [2.05, 4.69) is 20.8 Å². The fourth-order valence-corrected chi connectivity index (χ4v) is 4.20. The molecular weight excluding hydrogens is 380 g/mol. The van der Waals surface area contributed by atoms with Crippen LogP contribution in [0.15, 0.2) is 47.8 Å². The molecule has 4 rings (SSSR count). The lowest BCUT2D eigenvalue weighted by Gasteiger charge is -2.06. The van der Waals surface area contributed by atoms with Gasteiger partial charge >= 0.3 is 0 Å². The van der Waals surface area contributed by atoms with Crippen LogP contribution in [0.2, 0.25) is 0 Å². The fraction of sp³-hybridized carbons (Fsp3) is 0.105. The minimum Gasteiger partial charge on any atom is -0.347 e. The molecular formula is C19H16N4O2S2. The lowest BCUT2D eigenvalue weighted by molar-refractivity contribution is 0.0954. The predicted octanol–water partition coefficient (Wildman–Crippen LogP) is 4.18. The monoisotopic (exact) mass is 396 g/mol. The molecule has 0 atom stereocenters. The zero-order valence-electron chi connectivity index (χ0n) is 14.4. The van der Waals surface area contributed by atoms with E-state index in [9.17, 15) is 9.59 Å². The normalized spacial score (nSPS) is 10.9. The molecule has 0 radical (unpaired) electrons. The van der Waals surface area contributed by atoms with Crippen LogP contribution in [0.3, 0.4) is 0 Å². The highest BCUT2D eigenvalue weighted by atomic mass is 32.1. The van der Waals surface area contributed by atoms with Crippen LogP contribution in [-0.4, -0.2) is 22.0 Å². The van der Waals surface area contributed by atoms with Gasteiger partial charge in [-0.15, -0.1) is 22.7 Å². The summed E-state index contributed by atoms with van der Waals surface area (Å²) in [4.78, 5) is 26.6. The molecule has 8 heteroatoms. The summed E-state index contributed by atoms with van der Waals surface area (Å²) in [5.41, 5.74) is 2.22. The Morgan fingerprint density at radius 1 is 1.11 bits per heavy atom. The number of aromatic nitrogens is 2. The van der Waals surface area contributed by atoms with Crippen molar-refractivity contribution in [3.05, 3.63) is 68.7 Å². The Labute approximate surface area is 163 Å². The van der Waals surface area contributed by atoms with Crippen LogP contribution < -0.4 is 10.6 Å². The number of thiophene rings is 2. The Balaban J connectivity index is 1.48. The summed E-state index contributed by atoms with van der Waals surface area (Å²) in [6.07, 6.45) is 0. The highest BCUT2D eigenvalue weighted by Gasteiger charge is 2.17. The third-order valence-electron chi connectivity index (χ3n) is 4.16. The second kappa shape index (κ2) is 7.34. The number of nitrogens with zero attached hydrogens (tertiary/aromatic N) is 1. The van der Waals surface area contributed by atoms with Gasteiger partial charge in [-0.25, -0.2) is 0 Å². The molecule has 6 nitrogen and oxygen atoms in total. The molecule has 27 heavy (non-hydrogen) atoms. The minimum absolute atomic E-state index is 0.156. The van der Waals surface area contributed by atoms with Gasteiger partial charge < -0.3 is 10.6 Å². The summed E-state index contributed by atoms with van der Waals surface area (Å²) >= 11 is 2.65. The van der Waals surface area contributed by atoms with Crippen molar-refractivity contribution in [1.29, 1.82) is 0 Å². The standard InChI is InChI=1S/C19H16N4O2S2/c1-11-5-2-3-6-12(11)10-20-17(24)15-9-13-16(22-23-19(13)27-15)21-18(25)14-7-4-8-26-14/h2-9H,10H2,1H3,(H,20,24)(H2,21,22,23,25). The number of H-pyrrole nitrogens is 1. The molecule has 0 saturated carbocycles. The maximum absolute atomic E-state index is 12.5. The van der Waals surface area contributed by atoms with Crippen LogP contribution >= 0.6 is 22.7 Å². The number of carbonyl (C=O) groups is 2. The lowest BCUT2D eigenvalue weighted by Crippen LogP contribution is -2.22. The van der Waals surface area contributed by atoms with E-state index in [4.69, 9.17) is 0 Å². The second-order valence-corrected chi connectivity index (χ2v) is 7.95. The quantitative estimate of drug-likeness (QED) is 0.473. The largest absolute Gasteiger partial charge is 0.347 e. The van der Waals surface area contributed by atoms with E-state index in [1.807, 2.05) is 42.6 Å². The summed E-state index contributed by atoms with van der Waals surface area (Å²) in [6.45, 7) is 2.48. The maximum atomic E-state index is 12.5. The second-order valence-electron chi connectivity index (χ2n) is 5.97. The molecule has 0 spiro atoms. The van der Waals surface area contributed by atoms with Gasteiger partial charge in [-0.1, -0.05) is 30.3 Å². The molecule has 0 fully saturated rings. The van der Waals surface area contributed by atoms with Crippen LogP contribution in [0.5, 0.6) is 0 Å². The molecule has 0 saturated heterocycles. The first-order valence-corrected chi connectivity index (χ1v) is 9.97. The number of fused-ring (bicyclic) bond motifs is 1. The Bertz CT molecular complexity index is 1110. The molecule has 3 aromatic heterocycles. The Kier molecular flexibility index (Phi) is 4.74. The van der Waals surface area contributed by atoms with Crippen LogP contribution in [0, 0.1) is 6.92 Å². The molecule has 0 aliphatic rings. The molecule has 3 N–H and O–H groups in total. The van der Waals surface area contributed by atoms with E-state index in [0.29, 0.717) is 26.9 Å².